The molecule has 0 bridgehead atoms. The van der Waals surface area contributed by atoms with Crippen molar-refractivity contribution in [2.45, 2.75) is 52.3 Å². The van der Waals surface area contributed by atoms with Crippen LogP contribution in [0.1, 0.15) is 57.8 Å². The smallest absolute Gasteiger partial charge is 0.412 e. The summed E-state index contributed by atoms with van der Waals surface area (Å²) in [5.41, 5.74) is 1.45. The van der Waals surface area contributed by atoms with E-state index in [9.17, 15) is 9.18 Å². The number of rotatable bonds is 5. The van der Waals surface area contributed by atoms with Gasteiger partial charge in [-0.05, 0) is 57.9 Å². The predicted molar refractivity (Wildman–Crippen MR) is 103 cm³/mol. The van der Waals surface area contributed by atoms with Crippen LogP contribution in [-0.2, 0) is 4.74 Å². The fourth-order valence-corrected chi connectivity index (χ4v) is 2.62. The minimum atomic E-state index is -0.673. The second kappa shape index (κ2) is 8.32. The van der Waals surface area contributed by atoms with Crippen molar-refractivity contribution in [3.63, 3.8) is 0 Å². The van der Waals surface area contributed by atoms with Gasteiger partial charge in [0.1, 0.15) is 11.4 Å². The Balaban J connectivity index is 2.03. The van der Waals surface area contributed by atoms with E-state index in [0.717, 1.165) is 5.56 Å². The Morgan fingerprint density at radius 3 is 2.19 bits per heavy atom. The van der Waals surface area contributed by atoms with Gasteiger partial charge in [0.25, 0.3) is 0 Å². The molecular weight excluding hydrogens is 331 g/mol. The molecule has 5 heteroatoms. The van der Waals surface area contributed by atoms with Crippen molar-refractivity contribution >= 4 is 11.8 Å². The fraction of sp³-hybridized carbons (Fsp3) is 0.381. The molecule has 0 aromatic heterocycles. The maximum atomic E-state index is 14.4. The fourth-order valence-electron chi connectivity index (χ4n) is 2.62. The van der Waals surface area contributed by atoms with Crippen LogP contribution in [0.15, 0.2) is 48.5 Å². The molecule has 0 aliphatic rings. The zero-order valence-corrected chi connectivity index (χ0v) is 16.0. The zero-order valence-electron chi connectivity index (χ0n) is 16.0. The van der Waals surface area contributed by atoms with Crippen molar-refractivity contribution in [2.75, 3.05) is 5.32 Å². The van der Waals surface area contributed by atoms with E-state index in [0.29, 0.717) is 0 Å². The average molecular weight is 358 g/mol. The number of benzene rings is 2. The molecule has 0 saturated heterocycles. The van der Waals surface area contributed by atoms with Crippen LogP contribution in [-0.4, -0.2) is 11.7 Å². The number of amides is 1. The molecular formula is C21H27FN2O2. The molecule has 2 atom stereocenters. The second-order valence-corrected chi connectivity index (χ2v) is 7.39. The SMILES string of the molecule is C[C@H](N[C@@H](C)c1ccc(NC(=O)OC(C)(C)C)c(F)c1)c1ccccc1. The molecule has 4 nitrogen and oxygen atoms in total. The quantitative estimate of drug-likeness (QED) is 0.733. The number of carbonyl (C=O) groups is 1. The monoisotopic (exact) mass is 358 g/mol. The van der Waals surface area contributed by atoms with Crippen LogP contribution in [0.25, 0.3) is 0 Å². The molecule has 1 amide bonds. The number of nitrogens with one attached hydrogen (secondary N) is 2. The summed E-state index contributed by atoms with van der Waals surface area (Å²) in [6, 6.07) is 14.9. The van der Waals surface area contributed by atoms with Gasteiger partial charge in [-0.25, -0.2) is 9.18 Å². The summed E-state index contributed by atoms with van der Waals surface area (Å²) in [6.07, 6.45) is -0.673. The Kier molecular flexibility index (Phi) is 6.37. The van der Waals surface area contributed by atoms with Crippen LogP contribution in [0.5, 0.6) is 0 Å². The Bertz CT molecular complexity index is 741. The number of anilines is 1. The maximum Gasteiger partial charge on any atom is 0.412 e. The van der Waals surface area contributed by atoms with Crippen LogP contribution in [0, 0.1) is 5.82 Å². The van der Waals surface area contributed by atoms with Gasteiger partial charge in [-0.2, -0.15) is 0 Å². The largest absolute Gasteiger partial charge is 0.444 e. The lowest BCUT2D eigenvalue weighted by Crippen LogP contribution is -2.27. The summed E-state index contributed by atoms with van der Waals surface area (Å²) in [5, 5.41) is 5.90. The van der Waals surface area contributed by atoms with E-state index in [-0.39, 0.29) is 17.8 Å². The minimum Gasteiger partial charge on any atom is -0.444 e. The van der Waals surface area contributed by atoms with E-state index in [1.807, 2.05) is 25.1 Å². The molecule has 0 fully saturated rings. The molecule has 140 valence electrons. The van der Waals surface area contributed by atoms with Gasteiger partial charge >= 0.3 is 6.09 Å². The Labute approximate surface area is 154 Å². The first-order valence-electron chi connectivity index (χ1n) is 8.76. The zero-order chi connectivity index (χ0) is 19.3. The van der Waals surface area contributed by atoms with Crippen LogP contribution in [0.4, 0.5) is 14.9 Å². The van der Waals surface area contributed by atoms with Crippen LogP contribution in [0.3, 0.4) is 0 Å². The molecule has 0 aliphatic carbocycles. The van der Waals surface area contributed by atoms with Gasteiger partial charge in [0, 0.05) is 12.1 Å². The lowest BCUT2D eigenvalue weighted by Gasteiger charge is -2.22. The number of hydrogen-bond donors (Lipinski definition) is 2. The van der Waals surface area contributed by atoms with E-state index < -0.39 is 17.5 Å². The number of hydrogen-bond acceptors (Lipinski definition) is 3. The molecule has 0 heterocycles. The van der Waals surface area contributed by atoms with Gasteiger partial charge < -0.3 is 10.1 Å². The van der Waals surface area contributed by atoms with E-state index in [2.05, 4.69) is 29.7 Å². The standard InChI is InChI=1S/C21H27FN2O2/c1-14(16-9-7-6-8-10-16)23-15(2)17-11-12-19(18(22)13-17)24-20(25)26-21(3,4)5/h6-15,23H,1-5H3,(H,24,25)/t14-,15-/m0/s1. The van der Waals surface area contributed by atoms with Crippen LogP contribution >= 0.6 is 0 Å². The summed E-state index contributed by atoms with van der Waals surface area (Å²) in [5.74, 6) is -0.491. The van der Waals surface area contributed by atoms with Crippen molar-refractivity contribution in [3.05, 3.63) is 65.5 Å². The highest BCUT2D eigenvalue weighted by atomic mass is 19.1. The molecule has 0 aliphatic heterocycles. The van der Waals surface area contributed by atoms with Crippen molar-refractivity contribution < 1.29 is 13.9 Å². The van der Waals surface area contributed by atoms with Crippen molar-refractivity contribution in [1.82, 2.24) is 5.32 Å². The summed E-state index contributed by atoms with van der Waals surface area (Å²) in [7, 11) is 0. The highest BCUT2D eigenvalue weighted by molar-refractivity contribution is 5.85. The molecule has 2 aromatic rings. The van der Waals surface area contributed by atoms with Crippen molar-refractivity contribution in [2.24, 2.45) is 0 Å². The molecule has 0 saturated carbocycles. The van der Waals surface area contributed by atoms with Crippen LogP contribution in [0.2, 0.25) is 0 Å². The molecule has 0 radical (unpaired) electrons. The third-order valence-electron chi connectivity index (χ3n) is 3.93. The van der Waals surface area contributed by atoms with Crippen LogP contribution < -0.4 is 10.6 Å². The van der Waals surface area contributed by atoms with Gasteiger partial charge in [-0.15, -0.1) is 0 Å². The van der Waals surface area contributed by atoms with E-state index in [1.165, 1.54) is 11.6 Å². The Hall–Kier alpha value is -2.40. The number of halogens is 1. The Morgan fingerprint density at radius 1 is 1.00 bits per heavy atom. The third-order valence-corrected chi connectivity index (χ3v) is 3.93. The summed E-state index contributed by atoms with van der Waals surface area (Å²) in [6.45, 7) is 9.32. The van der Waals surface area contributed by atoms with Crippen molar-refractivity contribution in [1.29, 1.82) is 0 Å². The van der Waals surface area contributed by atoms with E-state index >= 15 is 0 Å². The molecule has 2 aromatic carbocycles. The molecule has 0 spiro atoms. The van der Waals surface area contributed by atoms with Gasteiger partial charge in [0.2, 0.25) is 0 Å². The molecule has 2 N–H and O–H groups in total. The highest BCUT2D eigenvalue weighted by Crippen LogP contribution is 2.23. The van der Waals surface area contributed by atoms with Gasteiger partial charge in [-0.1, -0.05) is 36.4 Å². The maximum absolute atomic E-state index is 14.4. The van der Waals surface area contributed by atoms with E-state index in [1.54, 1.807) is 32.9 Å². The minimum absolute atomic E-state index is 0.0460. The van der Waals surface area contributed by atoms with Gasteiger partial charge in [0.05, 0.1) is 5.69 Å². The second-order valence-electron chi connectivity index (χ2n) is 7.39. The predicted octanol–water partition coefficient (Wildman–Crippen LogP) is 5.58. The molecule has 2 rings (SSSR count). The summed E-state index contributed by atoms with van der Waals surface area (Å²) < 4.78 is 19.5. The van der Waals surface area contributed by atoms with E-state index in [4.69, 9.17) is 4.74 Å². The summed E-state index contributed by atoms with van der Waals surface area (Å²) in [4.78, 5) is 11.8. The van der Waals surface area contributed by atoms with Gasteiger partial charge in [-0.3, -0.25) is 5.32 Å². The van der Waals surface area contributed by atoms with Crippen molar-refractivity contribution in [3.8, 4) is 0 Å². The topological polar surface area (TPSA) is 50.4 Å². The average Bonchev–Trinajstić information content (AvgIpc) is 2.55. The third kappa shape index (κ3) is 5.85. The Morgan fingerprint density at radius 2 is 1.62 bits per heavy atom. The first kappa shape index (κ1) is 19.9. The van der Waals surface area contributed by atoms with Gasteiger partial charge in [0.15, 0.2) is 0 Å². The lowest BCUT2D eigenvalue weighted by molar-refractivity contribution is 0.0635. The molecule has 0 unspecified atom stereocenters. The lowest BCUT2D eigenvalue weighted by atomic mass is 10.0. The number of carbonyl (C=O) groups excluding carboxylic acids is 1. The normalized spacial score (nSPS) is 13.8. The highest BCUT2D eigenvalue weighted by Gasteiger charge is 2.18. The first-order valence-corrected chi connectivity index (χ1v) is 8.76. The first-order chi connectivity index (χ1) is 12.2. The summed E-state index contributed by atoms with van der Waals surface area (Å²) >= 11 is 0. The molecule has 26 heavy (non-hydrogen) atoms. The number of ether oxygens (including phenoxy) is 1.